The minimum absolute atomic E-state index is 0.384. The van der Waals surface area contributed by atoms with Gasteiger partial charge in [-0.1, -0.05) is 29.3 Å². The molecule has 1 amide bonds. The SMILES string of the molecule is COCCNC(C)(C(N)=O)c1ccc(Cl)c(Cl)c1. The van der Waals surface area contributed by atoms with Gasteiger partial charge in [0, 0.05) is 13.7 Å². The van der Waals surface area contributed by atoms with Gasteiger partial charge in [0.15, 0.2) is 0 Å². The lowest BCUT2D eigenvalue weighted by Gasteiger charge is -2.28. The van der Waals surface area contributed by atoms with Crippen molar-refractivity contribution in [3.05, 3.63) is 33.8 Å². The molecule has 0 bridgehead atoms. The van der Waals surface area contributed by atoms with E-state index in [2.05, 4.69) is 5.32 Å². The normalized spacial score (nSPS) is 14.2. The number of benzene rings is 1. The number of ether oxygens (including phenoxy) is 1. The van der Waals surface area contributed by atoms with Crippen LogP contribution in [0.3, 0.4) is 0 Å². The van der Waals surface area contributed by atoms with Crippen molar-refractivity contribution < 1.29 is 9.53 Å². The second-order valence-electron chi connectivity index (χ2n) is 4.04. The van der Waals surface area contributed by atoms with Crippen molar-refractivity contribution in [3.8, 4) is 0 Å². The van der Waals surface area contributed by atoms with Crippen LogP contribution in [-0.2, 0) is 15.1 Å². The summed E-state index contributed by atoms with van der Waals surface area (Å²) in [6, 6.07) is 4.99. The van der Waals surface area contributed by atoms with Gasteiger partial charge in [-0.3, -0.25) is 10.1 Å². The summed E-state index contributed by atoms with van der Waals surface area (Å²) in [7, 11) is 1.59. The van der Waals surface area contributed by atoms with Gasteiger partial charge in [0.2, 0.25) is 5.91 Å². The van der Waals surface area contributed by atoms with Gasteiger partial charge < -0.3 is 10.5 Å². The first-order valence-corrected chi connectivity index (χ1v) is 6.17. The summed E-state index contributed by atoms with van der Waals surface area (Å²) in [5.41, 5.74) is 5.11. The van der Waals surface area contributed by atoms with Crippen molar-refractivity contribution in [2.75, 3.05) is 20.3 Å². The van der Waals surface area contributed by atoms with Crippen molar-refractivity contribution in [1.82, 2.24) is 5.32 Å². The average Bonchev–Trinajstić information content (AvgIpc) is 2.32. The molecule has 1 unspecified atom stereocenters. The van der Waals surface area contributed by atoms with E-state index in [0.29, 0.717) is 28.8 Å². The molecular formula is C12H16Cl2N2O2. The maximum absolute atomic E-state index is 11.7. The van der Waals surface area contributed by atoms with E-state index < -0.39 is 11.4 Å². The van der Waals surface area contributed by atoms with E-state index in [4.69, 9.17) is 33.7 Å². The van der Waals surface area contributed by atoms with E-state index >= 15 is 0 Å². The van der Waals surface area contributed by atoms with Crippen LogP contribution in [0.2, 0.25) is 10.0 Å². The van der Waals surface area contributed by atoms with Crippen LogP contribution in [0.1, 0.15) is 12.5 Å². The predicted molar refractivity (Wildman–Crippen MR) is 72.9 cm³/mol. The number of primary amides is 1. The Balaban J connectivity index is 3.02. The Kier molecular flexibility index (Phi) is 5.41. The maximum Gasteiger partial charge on any atom is 0.242 e. The van der Waals surface area contributed by atoms with E-state index in [1.54, 1.807) is 32.2 Å². The van der Waals surface area contributed by atoms with Gasteiger partial charge in [-0.15, -0.1) is 0 Å². The number of methoxy groups -OCH3 is 1. The molecule has 100 valence electrons. The molecule has 0 fully saturated rings. The third kappa shape index (κ3) is 3.36. The first-order valence-electron chi connectivity index (χ1n) is 5.41. The van der Waals surface area contributed by atoms with E-state index in [-0.39, 0.29) is 0 Å². The predicted octanol–water partition coefficient (Wildman–Crippen LogP) is 1.93. The topological polar surface area (TPSA) is 64.3 Å². The molecule has 1 rings (SSSR count). The number of nitrogens with one attached hydrogen (secondary N) is 1. The zero-order valence-corrected chi connectivity index (χ0v) is 11.8. The molecule has 3 N–H and O–H groups in total. The molecule has 1 atom stereocenters. The monoisotopic (exact) mass is 290 g/mol. The molecule has 1 aromatic carbocycles. The summed E-state index contributed by atoms with van der Waals surface area (Å²) >= 11 is 11.8. The van der Waals surface area contributed by atoms with Gasteiger partial charge in [0.1, 0.15) is 5.54 Å². The number of hydrogen-bond acceptors (Lipinski definition) is 3. The number of amides is 1. The molecular weight excluding hydrogens is 275 g/mol. The van der Waals surface area contributed by atoms with Crippen molar-refractivity contribution >= 4 is 29.1 Å². The molecule has 0 spiro atoms. The van der Waals surface area contributed by atoms with E-state index in [1.165, 1.54) is 0 Å². The Morgan fingerprint density at radius 1 is 1.44 bits per heavy atom. The first-order chi connectivity index (χ1) is 8.41. The molecule has 0 aromatic heterocycles. The van der Waals surface area contributed by atoms with E-state index in [9.17, 15) is 4.79 Å². The molecule has 0 radical (unpaired) electrons. The third-order valence-corrected chi connectivity index (χ3v) is 3.51. The largest absolute Gasteiger partial charge is 0.383 e. The molecule has 0 aliphatic heterocycles. The quantitative estimate of drug-likeness (QED) is 0.787. The van der Waals surface area contributed by atoms with Gasteiger partial charge in [0.05, 0.1) is 16.7 Å². The highest BCUT2D eigenvalue weighted by molar-refractivity contribution is 6.42. The van der Waals surface area contributed by atoms with Gasteiger partial charge in [-0.2, -0.15) is 0 Å². The molecule has 1 aromatic rings. The summed E-state index contributed by atoms with van der Waals surface area (Å²) in [5.74, 6) is -0.489. The summed E-state index contributed by atoms with van der Waals surface area (Å²) < 4.78 is 4.93. The average molecular weight is 291 g/mol. The minimum Gasteiger partial charge on any atom is -0.383 e. The van der Waals surface area contributed by atoms with Crippen molar-refractivity contribution in [2.45, 2.75) is 12.5 Å². The van der Waals surface area contributed by atoms with Crippen LogP contribution in [-0.4, -0.2) is 26.2 Å². The second-order valence-corrected chi connectivity index (χ2v) is 4.85. The maximum atomic E-state index is 11.7. The second kappa shape index (κ2) is 6.38. The molecule has 6 heteroatoms. The van der Waals surface area contributed by atoms with E-state index in [1.807, 2.05) is 0 Å². The van der Waals surface area contributed by atoms with Gasteiger partial charge >= 0.3 is 0 Å². The third-order valence-electron chi connectivity index (χ3n) is 2.77. The van der Waals surface area contributed by atoms with Crippen LogP contribution in [0.25, 0.3) is 0 Å². The minimum atomic E-state index is -1.01. The lowest BCUT2D eigenvalue weighted by molar-refractivity contribution is -0.124. The molecule has 18 heavy (non-hydrogen) atoms. The Hall–Kier alpha value is -0.810. The lowest BCUT2D eigenvalue weighted by Crippen LogP contribution is -2.51. The lowest BCUT2D eigenvalue weighted by atomic mass is 9.91. The van der Waals surface area contributed by atoms with Gasteiger partial charge in [-0.25, -0.2) is 0 Å². The number of halogens is 2. The Bertz CT molecular complexity index is 440. The van der Waals surface area contributed by atoms with Crippen LogP contribution in [0, 0.1) is 0 Å². The van der Waals surface area contributed by atoms with Crippen LogP contribution < -0.4 is 11.1 Å². The van der Waals surface area contributed by atoms with Gasteiger partial charge in [-0.05, 0) is 24.6 Å². The number of hydrogen-bond donors (Lipinski definition) is 2. The first kappa shape index (κ1) is 15.2. The number of rotatable bonds is 6. The summed E-state index contributed by atoms with van der Waals surface area (Å²) in [4.78, 5) is 11.7. The zero-order valence-electron chi connectivity index (χ0n) is 10.3. The Morgan fingerprint density at radius 3 is 2.61 bits per heavy atom. The molecule has 0 heterocycles. The summed E-state index contributed by atoms with van der Waals surface area (Å²) in [5, 5.41) is 3.88. The molecule has 0 saturated carbocycles. The molecule has 0 aliphatic rings. The summed E-state index contributed by atoms with van der Waals surface area (Å²) in [6.45, 7) is 2.67. The van der Waals surface area contributed by atoms with Crippen LogP contribution >= 0.6 is 23.2 Å². The Labute approximate surface area is 116 Å². The highest BCUT2D eigenvalue weighted by atomic mass is 35.5. The number of nitrogens with two attached hydrogens (primary N) is 1. The van der Waals surface area contributed by atoms with Crippen molar-refractivity contribution in [1.29, 1.82) is 0 Å². The van der Waals surface area contributed by atoms with Crippen LogP contribution in [0.15, 0.2) is 18.2 Å². The van der Waals surface area contributed by atoms with Crippen molar-refractivity contribution in [2.24, 2.45) is 5.73 Å². The highest BCUT2D eigenvalue weighted by Gasteiger charge is 2.32. The van der Waals surface area contributed by atoms with Crippen LogP contribution in [0.5, 0.6) is 0 Å². The molecule has 0 saturated heterocycles. The smallest absolute Gasteiger partial charge is 0.242 e. The highest BCUT2D eigenvalue weighted by Crippen LogP contribution is 2.28. The number of carbonyl (C=O) groups excluding carboxylic acids is 1. The zero-order chi connectivity index (χ0) is 13.8. The van der Waals surface area contributed by atoms with Crippen LogP contribution in [0.4, 0.5) is 0 Å². The van der Waals surface area contributed by atoms with Gasteiger partial charge in [0.25, 0.3) is 0 Å². The fourth-order valence-electron chi connectivity index (χ4n) is 1.54. The fourth-order valence-corrected chi connectivity index (χ4v) is 1.84. The fraction of sp³-hybridized carbons (Fsp3) is 0.417. The number of carbonyl (C=O) groups is 1. The standard InChI is InChI=1S/C12H16Cl2N2O2/c1-12(11(15)17,16-5-6-18-2)8-3-4-9(13)10(14)7-8/h3-4,7,16H,5-6H2,1-2H3,(H2,15,17). The molecule has 4 nitrogen and oxygen atoms in total. The summed E-state index contributed by atoms with van der Waals surface area (Å²) in [6.07, 6.45) is 0. The molecule has 0 aliphatic carbocycles. The van der Waals surface area contributed by atoms with Crippen molar-refractivity contribution in [3.63, 3.8) is 0 Å². The van der Waals surface area contributed by atoms with E-state index in [0.717, 1.165) is 0 Å². The Morgan fingerprint density at radius 2 is 2.11 bits per heavy atom.